The number of ether oxygens (including phenoxy) is 1. The van der Waals surface area contributed by atoms with Crippen LogP contribution in [0.15, 0.2) is 42.6 Å². The first-order chi connectivity index (χ1) is 12.6. The van der Waals surface area contributed by atoms with Gasteiger partial charge in [0.2, 0.25) is 10.9 Å². The quantitative estimate of drug-likeness (QED) is 0.691. The second-order valence-electron chi connectivity index (χ2n) is 6.29. The normalized spacial score (nSPS) is 13.3. The summed E-state index contributed by atoms with van der Waals surface area (Å²) in [6.07, 6.45) is 2.74. The molecule has 7 heteroatoms. The molecule has 0 saturated carbocycles. The lowest BCUT2D eigenvalue weighted by Gasteiger charge is -2.23. The first-order valence-electron chi connectivity index (χ1n) is 8.31. The van der Waals surface area contributed by atoms with Gasteiger partial charge in [-0.2, -0.15) is 0 Å². The smallest absolute Gasteiger partial charge is 0.222 e. The van der Waals surface area contributed by atoms with Crippen LogP contribution in [0, 0.1) is 6.92 Å². The summed E-state index contributed by atoms with van der Waals surface area (Å²) in [5.74, 6) is 0.782. The first-order valence-corrected chi connectivity index (χ1v) is 9.49. The summed E-state index contributed by atoms with van der Waals surface area (Å²) < 4.78 is 29.6. The van der Waals surface area contributed by atoms with E-state index in [2.05, 4.69) is 21.5 Å². The molecule has 134 valence electrons. The van der Waals surface area contributed by atoms with Crippen LogP contribution in [0.1, 0.15) is 11.1 Å². The summed E-state index contributed by atoms with van der Waals surface area (Å²) in [4.78, 5) is 6.82. The lowest BCUT2D eigenvalue weighted by Crippen LogP contribution is -2.15. The third-order valence-electron chi connectivity index (χ3n) is 4.70. The monoisotopic (exact) mass is 369 g/mol. The number of aromatic nitrogens is 1. The highest BCUT2D eigenvalue weighted by Crippen LogP contribution is 2.41. The Morgan fingerprint density at radius 3 is 2.81 bits per heavy atom. The summed E-state index contributed by atoms with van der Waals surface area (Å²) in [5.41, 5.74) is 5.95. The maximum atomic E-state index is 10.9. The van der Waals surface area contributed by atoms with Crippen LogP contribution in [0.5, 0.6) is 5.75 Å². The zero-order chi connectivity index (χ0) is 18.3. The molecule has 0 spiro atoms. The summed E-state index contributed by atoms with van der Waals surface area (Å²) in [6.45, 7) is 2.90. The van der Waals surface area contributed by atoms with Crippen molar-refractivity contribution in [3.63, 3.8) is 0 Å². The maximum Gasteiger partial charge on any atom is 0.222 e. The van der Waals surface area contributed by atoms with E-state index in [0.29, 0.717) is 5.69 Å². The van der Waals surface area contributed by atoms with Crippen molar-refractivity contribution in [3.8, 4) is 5.75 Å². The number of rotatable bonds is 4. The molecule has 0 unspecified atom stereocenters. The van der Waals surface area contributed by atoms with Gasteiger partial charge in [-0.05, 0) is 54.8 Å². The Morgan fingerprint density at radius 2 is 2.04 bits per heavy atom. The number of fused-ring (bicyclic) bond motifs is 2. The minimum Gasteiger partial charge on any atom is -0.497 e. The predicted molar refractivity (Wildman–Crippen MR) is 104 cm³/mol. The summed E-state index contributed by atoms with van der Waals surface area (Å²) in [7, 11) is -1.01. The Balaban J connectivity index is 1.82. The van der Waals surface area contributed by atoms with Gasteiger partial charge in [0.15, 0.2) is 0 Å². The van der Waals surface area contributed by atoms with Crippen molar-refractivity contribution >= 4 is 38.9 Å². The van der Waals surface area contributed by atoms with Crippen molar-refractivity contribution < 1.29 is 13.2 Å². The van der Waals surface area contributed by atoms with E-state index in [4.69, 9.17) is 4.74 Å². The molecule has 1 aliphatic rings. The fourth-order valence-corrected chi connectivity index (χ4v) is 3.90. The molecule has 1 N–H and O–H groups in total. The topological polar surface area (TPSA) is 71.5 Å². The second kappa shape index (κ2) is 6.49. The van der Waals surface area contributed by atoms with Gasteiger partial charge in [-0.1, -0.05) is 0 Å². The van der Waals surface area contributed by atoms with Crippen LogP contribution in [-0.4, -0.2) is 27.1 Å². The van der Waals surface area contributed by atoms with Crippen molar-refractivity contribution in [3.05, 3.63) is 53.7 Å². The van der Waals surface area contributed by atoms with Crippen LogP contribution in [0.3, 0.4) is 0 Å². The molecular formula is C19H19N3O3S. The molecule has 2 heterocycles. The lowest BCUT2D eigenvalue weighted by atomic mass is 10.1. The predicted octanol–water partition coefficient (Wildman–Crippen LogP) is 3.18. The van der Waals surface area contributed by atoms with E-state index in [0.717, 1.165) is 52.1 Å². The first kappa shape index (κ1) is 16.7. The molecule has 0 saturated heterocycles. The van der Waals surface area contributed by atoms with Gasteiger partial charge in [0.05, 0.1) is 18.3 Å². The molecule has 4 rings (SSSR count). The van der Waals surface area contributed by atoms with Gasteiger partial charge in [0, 0.05) is 35.6 Å². The Labute approximate surface area is 153 Å². The van der Waals surface area contributed by atoms with Crippen LogP contribution < -0.4 is 14.4 Å². The van der Waals surface area contributed by atoms with E-state index >= 15 is 0 Å². The van der Waals surface area contributed by atoms with Crippen molar-refractivity contribution in [1.29, 1.82) is 0 Å². The zero-order valence-corrected chi connectivity index (χ0v) is 15.4. The van der Waals surface area contributed by atoms with E-state index in [1.165, 1.54) is 0 Å². The van der Waals surface area contributed by atoms with Gasteiger partial charge in [-0.3, -0.25) is 9.71 Å². The summed E-state index contributed by atoms with van der Waals surface area (Å²) >= 11 is 0. The van der Waals surface area contributed by atoms with Gasteiger partial charge in [0.25, 0.3) is 0 Å². The van der Waals surface area contributed by atoms with Crippen LogP contribution in [0.2, 0.25) is 0 Å². The molecule has 3 aromatic rings. The molecule has 1 aliphatic heterocycles. The molecule has 0 radical (unpaired) electrons. The number of nitrogens with one attached hydrogen (secondary N) is 1. The van der Waals surface area contributed by atoms with E-state index in [1.54, 1.807) is 13.2 Å². The average molecular weight is 369 g/mol. The highest BCUT2D eigenvalue weighted by atomic mass is 32.2. The highest BCUT2D eigenvalue weighted by Gasteiger charge is 2.24. The van der Waals surface area contributed by atoms with E-state index in [-0.39, 0.29) is 0 Å². The van der Waals surface area contributed by atoms with Gasteiger partial charge in [-0.25, -0.2) is 8.42 Å². The van der Waals surface area contributed by atoms with E-state index in [1.807, 2.05) is 36.5 Å². The van der Waals surface area contributed by atoms with Crippen molar-refractivity contribution in [2.75, 3.05) is 23.3 Å². The Bertz CT molecular complexity index is 1070. The van der Waals surface area contributed by atoms with Crippen LogP contribution >= 0.6 is 0 Å². The Hall–Kier alpha value is -2.80. The number of methoxy groups -OCH3 is 1. The SMILES string of the molecule is COc1ccc2c(N3CCc4cc(N[SH](=O)=O)ccc43)c(C)cnc2c1. The van der Waals surface area contributed by atoms with Crippen LogP contribution in [0.4, 0.5) is 17.1 Å². The number of aryl methyl sites for hydroxylation is 1. The minimum atomic E-state index is -2.66. The molecule has 1 aromatic heterocycles. The number of hydrogen-bond donors (Lipinski definition) is 2. The number of nitrogens with zero attached hydrogens (tertiary/aromatic N) is 2. The number of anilines is 3. The Morgan fingerprint density at radius 1 is 1.19 bits per heavy atom. The fourth-order valence-electron chi connectivity index (χ4n) is 3.55. The summed E-state index contributed by atoms with van der Waals surface area (Å²) in [6, 6.07) is 11.6. The van der Waals surface area contributed by atoms with Gasteiger partial charge in [-0.15, -0.1) is 0 Å². The molecule has 0 bridgehead atoms. The number of benzene rings is 2. The molecule has 6 nitrogen and oxygen atoms in total. The molecule has 2 aromatic carbocycles. The number of hydrogen-bond acceptors (Lipinski definition) is 5. The third-order valence-corrected chi connectivity index (χ3v) is 5.14. The van der Waals surface area contributed by atoms with Gasteiger partial charge in [0.1, 0.15) is 5.75 Å². The lowest BCUT2D eigenvalue weighted by molar-refractivity contribution is 0.415. The molecule has 0 amide bonds. The standard InChI is InChI=1S/C19H19N3O3S/c1-12-11-20-17-10-15(25-2)4-5-16(17)19(12)22-8-7-13-9-14(21-26(23)24)3-6-18(13)22/h3-6,9-11,26H,7-8H2,1-2H3,(H,21,23,24). The number of thiol groups is 1. The largest absolute Gasteiger partial charge is 0.497 e. The van der Waals surface area contributed by atoms with E-state index < -0.39 is 10.9 Å². The van der Waals surface area contributed by atoms with E-state index in [9.17, 15) is 8.42 Å². The van der Waals surface area contributed by atoms with Crippen LogP contribution in [0.25, 0.3) is 10.9 Å². The molecule has 0 atom stereocenters. The summed E-state index contributed by atoms with van der Waals surface area (Å²) in [5, 5.41) is 1.07. The number of pyridine rings is 1. The van der Waals surface area contributed by atoms with Crippen molar-refractivity contribution in [2.45, 2.75) is 13.3 Å². The fraction of sp³-hybridized carbons (Fsp3) is 0.211. The highest BCUT2D eigenvalue weighted by molar-refractivity contribution is 7.73. The zero-order valence-electron chi connectivity index (χ0n) is 14.5. The van der Waals surface area contributed by atoms with Crippen molar-refractivity contribution in [2.24, 2.45) is 0 Å². The molecule has 0 fully saturated rings. The van der Waals surface area contributed by atoms with Gasteiger partial charge < -0.3 is 9.64 Å². The second-order valence-corrected chi connectivity index (χ2v) is 7.02. The average Bonchev–Trinajstić information content (AvgIpc) is 3.03. The molecule has 0 aliphatic carbocycles. The maximum absolute atomic E-state index is 10.9. The molecule has 26 heavy (non-hydrogen) atoms. The van der Waals surface area contributed by atoms with Gasteiger partial charge >= 0.3 is 0 Å². The van der Waals surface area contributed by atoms with Crippen molar-refractivity contribution in [1.82, 2.24) is 4.98 Å². The third kappa shape index (κ3) is 2.84. The molecular weight excluding hydrogens is 350 g/mol. The Kier molecular flexibility index (Phi) is 4.16. The minimum absolute atomic E-state index is 0.600. The van der Waals surface area contributed by atoms with Crippen LogP contribution in [-0.2, 0) is 17.3 Å².